The molecule has 14 heavy (non-hydrogen) atoms. The van der Waals surface area contributed by atoms with Crippen molar-refractivity contribution < 1.29 is 14.6 Å². The molecule has 0 aliphatic carbocycles. The van der Waals surface area contributed by atoms with Gasteiger partial charge in [0.1, 0.15) is 11.8 Å². The quantitative estimate of drug-likeness (QED) is 0.424. The maximum Gasteiger partial charge on any atom is 0.360 e. The number of aromatic hydroxyl groups is 1. The van der Waals surface area contributed by atoms with Gasteiger partial charge < -0.3 is 15.1 Å². The lowest BCUT2D eigenvalue weighted by Gasteiger charge is -2.10. The first-order valence-electron chi connectivity index (χ1n) is 3.55. The number of phenolic OH excluding ortho intramolecular Hbond substituents is 1. The van der Waals surface area contributed by atoms with Crippen molar-refractivity contribution in [2.75, 3.05) is 5.09 Å². The van der Waals surface area contributed by atoms with Gasteiger partial charge in [-0.2, -0.15) is 5.26 Å². The zero-order chi connectivity index (χ0) is 10.8. The van der Waals surface area contributed by atoms with Crippen LogP contribution in [0.5, 0.6) is 5.75 Å². The third kappa shape index (κ3) is 2.75. The second-order valence-electron chi connectivity index (χ2n) is 2.58. The van der Waals surface area contributed by atoms with Gasteiger partial charge in [0, 0.05) is 0 Å². The highest BCUT2D eigenvalue weighted by Crippen LogP contribution is 2.33. The van der Waals surface area contributed by atoms with E-state index < -0.39 is 7.67 Å². The van der Waals surface area contributed by atoms with Crippen molar-refractivity contribution in [2.45, 2.75) is 0 Å². The van der Waals surface area contributed by atoms with E-state index in [1.54, 1.807) is 6.07 Å². The topological polar surface area (TPSA) is 119 Å². The molecule has 74 valence electrons. The summed E-state index contributed by atoms with van der Waals surface area (Å²) in [4.78, 5) is 8.81. The number of rotatable bonds is 2. The Morgan fingerprint density at radius 3 is 2.71 bits per heavy atom. The number of anilines is 1. The van der Waals surface area contributed by atoms with Crippen LogP contribution in [0, 0.1) is 11.3 Å². The average Bonchev–Trinajstić information content (AvgIpc) is 2.06. The minimum Gasteiger partial charge on any atom is -0.508 e. The van der Waals surface area contributed by atoms with Crippen LogP contribution in [0.25, 0.3) is 0 Å². The van der Waals surface area contributed by atoms with Gasteiger partial charge in [0.05, 0.1) is 11.3 Å². The van der Waals surface area contributed by atoms with Crippen molar-refractivity contribution in [3.05, 3.63) is 23.8 Å². The number of nitrogens with one attached hydrogen (secondary N) is 1. The predicted molar refractivity (Wildman–Crippen MR) is 50.5 cm³/mol. The number of nitrogens with two attached hydrogens (primary N) is 1. The molecule has 0 heterocycles. The summed E-state index contributed by atoms with van der Waals surface area (Å²) in [5.74, 6) is -0.100. The van der Waals surface area contributed by atoms with E-state index in [9.17, 15) is 4.57 Å². The zero-order valence-electron chi connectivity index (χ0n) is 7.01. The summed E-state index contributed by atoms with van der Waals surface area (Å²) < 4.78 is 10.8. The van der Waals surface area contributed by atoms with Crippen LogP contribution in [0.4, 0.5) is 5.69 Å². The molecule has 0 saturated heterocycles. The van der Waals surface area contributed by atoms with Gasteiger partial charge in [-0.25, -0.2) is 10.1 Å². The highest BCUT2D eigenvalue weighted by atomic mass is 31.2. The molecule has 1 rings (SSSR count). The Bertz CT molecular complexity index is 434. The third-order valence-electron chi connectivity index (χ3n) is 1.40. The molecule has 0 spiro atoms. The Morgan fingerprint density at radius 1 is 1.57 bits per heavy atom. The molecule has 7 heteroatoms. The largest absolute Gasteiger partial charge is 0.508 e. The number of hydrogen-bond acceptors (Lipinski definition) is 3. The fraction of sp³-hybridized carbons (Fsp3) is 0. The van der Waals surface area contributed by atoms with Gasteiger partial charge in [0.2, 0.25) is 0 Å². The van der Waals surface area contributed by atoms with Crippen LogP contribution in [0.15, 0.2) is 18.2 Å². The van der Waals surface area contributed by atoms with E-state index in [1.807, 2.05) is 0 Å². The molecule has 0 aromatic heterocycles. The van der Waals surface area contributed by atoms with Crippen molar-refractivity contribution in [3.63, 3.8) is 0 Å². The number of nitrogens with zero attached hydrogens (tertiary/aromatic N) is 1. The van der Waals surface area contributed by atoms with Gasteiger partial charge in [0.25, 0.3) is 0 Å². The smallest absolute Gasteiger partial charge is 0.360 e. The van der Waals surface area contributed by atoms with Crippen LogP contribution >= 0.6 is 7.67 Å². The van der Waals surface area contributed by atoms with E-state index in [0.29, 0.717) is 0 Å². The molecular formula is C7H8N3O3P. The first-order chi connectivity index (χ1) is 6.42. The first kappa shape index (κ1) is 10.5. The Morgan fingerprint density at radius 2 is 2.21 bits per heavy atom. The van der Waals surface area contributed by atoms with Crippen LogP contribution in [0.3, 0.4) is 0 Å². The van der Waals surface area contributed by atoms with Crippen LogP contribution in [-0.4, -0.2) is 10.00 Å². The second kappa shape index (κ2) is 3.68. The Balaban J connectivity index is 3.11. The maximum atomic E-state index is 10.8. The van der Waals surface area contributed by atoms with Crippen molar-refractivity contribution >= 4 is 13.4 Å². The third-order valence-corrected chi connectivity index (χ3v) is 1.97. The van der Waals surface area contributed by atoms with E-state index in [-0.39, 0.29) is 17.0 Å². The number of benzene rings is 1. The molecule has 0 radical (unpaired) electrons. The molecular weight excluding hydrogens is 205 g/mol. The average molecular weight is 213 g/mol. The molecule has 0 amide bonds. The van der Waals surface area contributed by atoms with Crippen LogP contribution in [0.1, 0.15) is 5.56 Å². The summed E-state index contributed by atoms with van der Waals surface area (Å²) in [6, 6.07) is 5.49. The normalized spacial score (nSPS) is 14.1. The second-order valence-corrected chi connectivity index (χ2v) is 4.05. The lowest BCUT2D eigenvalue weighted by molar-refractivity contribution is 0.474. The molecule has 0 saturated carbocycles. The lowest BCUT2D eigenvalue weighted by Crippen LogP contribution is -2.05. The minimum atomic E-state index is -3.93. The molecule has 1 atom stereocenters. The Labute approximate surface area is 80.2 Å². The van der Waals surface area contributed by atoms with E-state index in [4.69, 9.17) is 20.8 Å². The van der Waals surface area contributed by atoms with E-state index in [1.165, 1.54) is 12.1 Å². The lowest BCUT2D eigenvalue weighted by atomic mass is 10.2. The van der Waals surface area contributed by atoms with Gasteiger partial charge in [-0.1, -0.05) is 0 Å². The highest BCUT2D eigenvalue weighted by molar-refractivity contribution is 7.57. The Kier molecular flexibility index (Phi) is 2.77. The molecule has 1 aromatic rings. The summed E-state index contributed by atoms with van der Waals surface area (Å²) in [6.45, 7) is 0. The number of phenols is 1. The molecule has 1 unspecified atom stereocenters. The van der Waals surface area contributed by atoms with E-state index >= 15 is 0 Å². The van der Waals surface area contributed by atoms with Crippen LogP contribution < -0.4 is 10.6 Å². The SMILES string of the molecule is N#Cc1cc(O)ccc1NP(N)(=O)O. The first-order valence-corrected chi connectivity index (χ1v) is 5.28. The van der Waals surface area contributed by atoms with Crippen LogP contribution in [-0.2, 0) is 4.57 Å². The summed E-state index contributed by atoms with van der Waals surface area (Å²) in [7, 11) is -3.93. The van der Waals surface area contributed by atoms with Gasteiger partial charge in [0.15, 0.2) is 0 Å². The van der Waals surface area contributed by atoms with Gasteiger partial charge >= 0.3 is 7.67 Å². The van der Waals surface area contributed by atoms with Gasteiger partial charge in [-0.3, -0.25) is 0 Å². The van der Waals surface area contributed by atoms with E-state index in [2.05, 4.69) is 5.09 Å². The number of nitriles is 1. The zero-order valence-corrected chi connectivity index (χ0v) is 7.90. The molecule has 0 fully saturated rings. The summed E-state index contributed by atoms with van der Waals surface area (Å²) in [5.41, 5.74) is 5.01. The monoisotopic (exact) mass is 213 g/mol. The van der Waals surface area contributed by atoms with Crippen molar-refractivity contribution in [1.82, 2.24) is 0 Å². The summed E-state index contributed by atoms with van der Waals surface area (Å²) in [6.07, 6.45) is 0. The standard InChI is InChI=1S/C7H8N3O3P/c8-4-5-3-6(11)1-2-7(5)10-14(9,12)13/h1-3,11H,(H4,9,10,12,13). The van der Waals surface area contributed by atoms with Crippen molar-refractivity contribution in [1.29, 1.82) is 5.26 Å². The predicted octanol–water partition coefficient (Wildman–Crippen LogP) is 0.735. The summed E-state index contributed by atoms with van der Waals surface area (Å²) >= 11 is 0. The van der Waals surface area contributed by atoms with Gasteiger partial charge in [-0.15, -0.1) is 0 Å². The number of hydrogen-bond donors (Lipinski definition) is 4. The minimum absolute atomic E-state index is 0.0460. The molecule has 0 aliphatic rings. The van der Waals surface area contributed by atoms with Crippen molar-refractivity contribution in [2.24, 2.45) is 5.50 Å². The Hall–Kier alpha value is -1.54. The fourth-order valence-electron chi connectivity index (χ4n) is 0.895. The van der Waals surface area contributed by atoms with E-state index in [0.717, 1.165) is 6.07 Å². The maximum absolute atomic E-state index is 10.8. The molecule has 6 nitrogen and oxygen atoms in total. The molecule has 5 N–H and O–H groups in total. The highest BCUT2D eigenvalue weighted by Gasteiger charge is 2.12. The molecule has 0 aliphatic heterocycles. The fourth-order valence-corrected chi connectivity index (χ4v) is 1.43. The summed E-state index contributed by atoms with van der Waals surface area (Å²) in [5, 5.41) is 19.7. The van der Waals surface area contributed by atoms with Gasteiger partial charge in [-0.05, 0) is 18.2 Å². The molecule has 1 aromatic carbocycles. The molecule has 0 bridgehead atoms. The van der Waals surface area contributed by atoms with Crippen LogP contribution in [0.2, 0.25) is 0 Å². The van der Waals surface area contributed by atoms with Crippen molar-refractivity contribution in [3.8, 4) is 11.8 Å².